The molecule has 0 spiro atoms. The van der Waals surface area contributed by atoms with Crippen molar-refractivity contribution in [2.75, 3.05) is 0 Å². The first kappa shape index (κ1) is 7.34. The maximum absolute atomic E-state index is 11.2. The maximum atomic E-state index is 11.2. The molecule has 0 bridgehead atoms. The summed E-state index contributed by atoms with van der Waals surface area (Å²) in [6, 6.07) is 0. The fraction of sp³-hybridized carbons (Fsp3) is 0.500. The molecule has 2 N–H and O–H groups in total. The van der Waals surface area contributed by atoms with E-state index in [1.54, 1.807) is 0 Å². The topological polar surface area (TPSA) is 58.2 Å². The molecule has 64 valence electrons. The second kappa shape index (κ2) is 2.62. The Hall–Kier alpha value is -1.32. The quantitative estimate of drug-likeness (QED) is 0.487. The molecule has 2 atom stereocenters. The van der Waals surface area contributed by atoms with Crippen LogP contribution in [0.2, 0.25) is 0 Å². The van der Waals surface area contributed by atoms with E-state index in [0.29, 0.717) is 0 Å². The molecule has 2 rings (SSSR count). The van der Waals surface area contributed by atoms with Gasteiger partial charge in [-0.1, -0.05) is 12.2 Å². The lowest BCUT2D eigenvalue weighted by atomic mass is 9.82. The highest BCUT2D eigenvalue weighted by molar-refractivity contribution is 5.94. The van der Waals surface area contributed by atoms with Crippen LogP contribution >= 0.6 is 0 Å². The Labute approximate surface area is 70.0 Å². The fourth-order valence-electron chi connectivity index (χ4n) is 1.70. The summed E-state index contributed by atoms with van der Waals surface area (Å²) >= 11 is 0. The molecule has 0 aromatic rings. The Morgan fingerprint density at radius 2 is 2.00 bits per heavy atom. The van der Waals surface area contributed by atoms with Crippen molar-refractivity contribution in [2.45, 2.75) is 12.8 Å². The van der Waals surface area contributed by atoms with Crippen molar-refractivity contribution < 1.29 is 9.59 Å². The van der Waals surface area contributed by atoms with E-state index < -0.39 is 0 Å². The van der Waals surface area contributed by atoms with Gasteiger partial charge in [-0.05, 0) is 12.8 Å². The number of hydrazine groups is 1. The normalized spacial score (nSPS) is 33.7. The molecule has 0 aromatic carbocycles. The lowest BCUT2D eigenvalue weighted by Gasteiger charge is -2.30. The van der Waals surface area contributed by atoms with Gasteiger partial charge in [-0.2, -0.15) is 0 Å². The zero-order valence-electron chi connectivity index (χ0n) is 6.54. The van der Waals surface area contributed by atoms with Gasteiger partial charge in [-0.15, -0.1) is 0 Å². The van der Waals surface area contributed by atoms with Crippen LogP contribution in [0, 0.1) is 11.8 Å². The minimum absolute atomic E-state index is 0.0658. The van der Waals surface area contributed by atoms with Gasteiger partial charge in [0.2, 0.25) is 11.8 Å². The summed E-state index contributed by atoms with van der Waals surface area (Å²) in [6.45, 7) is 0. The summed E-state index contributed by atoms with van der Waals surface area (Å²) in [5.41, 5.74) is 4.70. The number of amides is 2. The first-order chi connectivity index (χ1) is 5.79. The van der Waals surface area contributed by atoms with Crippen LogP contribution in [0.15, 0.2) is 12.2 Å². The van der Waals surface area contributed by atoms with Gasteiger partial charge in [-0.25, -0.2) is 0 Å². The number of rotatable bonds is 0. The second-order valence-corrected chi connectivity index (χ2v) is 3.12. The Kier molecular flexibility index (Phi) is 1.60. The summed E-state index contributed by atoms with van der Waals surface area (Å²) < 4.78 is 0. The van der Waals surface area contributed by atoms with Crippen LogP contribution in [-0.2, 0) is 9.59 Å². The number of carbonyl (C=O) groups excluding carboxylic acids is 2. The van der Waals surface area contributed by atoms with Gasteiger partial charge in [0.05, 0.1) is 11.8 Å². The Balaban J connectivity index is 2.25. The standard InChI is InChI=1S/C8H10N2O2/c11-7-5-3-1-2-4-6(5)8(12)10-9-7/h1,3,5-6H,2,4H2,(H,9,11)(H,10,12). The van der Waals surface area contributed by atoms with Crippen LogP contribution in [0.25, 0.3) is 0 Å². The SMILES string of the molecule is O=C1NNC(=O)C2CCC=CC12. The van der Waals surface area contributed by atoms with E-state index in [-0.39, 0.29) is 23.7 Å². The van der Waals surface area contributed by atoms with Crippen LogP contribution in [0.3, 0.4) is 0 Å². The Bertz CT molecular complexity index is 260. The number of hydrogen-bond donors (Lipinski definition) is 2. The molecule has 1 saturated heterocycles. The molecule has 0 saturated carbocycles. The van der Waals surface area contributed by atoms with E-state index in [1.165, 1.54) is 0 Å². The van der Waals surface area contributed by atoms with Crippen molar-refractivity contribution in [3.05, 3.63) is 12.2 Å². The lowest BCUT2D eigenvalue weighted by molar-refractivity contribution is -0.141. The van der Waals surface area contributed by atoms with Gasteiger partial charge in [0.15, 0.2) is 0 Å². The smallest absolute Gasteiger partial charge is 0.246 e. The third kappa shape index (κ3) is 0.995. The molecule has 2 unspecified atom stereocenters. The maximum Gasteiger partial charge on any atom is 0.246 e. The molecule has 12 heavy (non-hydrogen) atoms. The third-order valence-electron chi connectivity index (χ3n) is 2.37. The van der Waals surface area contributed by atoms with Crippen LogP contribution in [0.4, 0.5) is 0 Å². The largest absolute Gasteiger partial charge is 0.273 e. The van der Waals surface area contributed by atoms with E-state index in [1.807, 2.05) is 12.2 Å². The molecule has 1 fully saturated rings. The second-order valence-electron chi connectivity index (χ2n) is 3.12. The van der Waals surface area contributed by atoms with Gasteiger partial charge < -0.3 is 0 Å². The predicted octanol–water partition coefficient (Wildman–Crippen LogP) is -0.270. The zero-order chi connectivity index (χ0) is 8.55. The van der Waals surface area contributed by atoms with Gasteiger partial charge in [0, 0.05) is 0 Å². The molecule has 2 aliphatic rings. The summed E-state index contributed by atoms with van der Waals surface area (Å²) in [4.78, 5) is 22.4. The van der Waals surface area contributed by atoms with Gasteiger partial charge in [0.1, 0.15) is 0 Å². The molecule has 4 heteroatoms. The van der Waals surface area contributed by atoms with Crippen molar-refractivity contribution in [1.82, 2.24) is 10.9 Å². The third-order valence-corrected chi connectivity index (χ3v) is 2.37. The number of allylic oxidation sites excluding steroid dienone is 1. The van der Waals surface area contributed by atoms with Crippen molar-refractivity contribution in [3.63, 3.8) is 0 Å². The zero-order valence-corrected chi connectivity index (χ0v) is 6.54. The van der Waals surface area contributed by atoms with Crippen LogP contribution < -0.4 is 10.9 Å². The van der Waals surface area contributed by atoms with Gasteiger partial charge in [0.25, 0.3) is 0 Å². The van der Waals surface area contributed by atoms with E-state index in [0.717, 1.165) is 12.8 Å². The van der Waals surface area contributed by atoms with Crippen LogP contribution in [0.5, 0.6) is 0 Å². The number of hydrogen-bond acceptors (Lipinski definition) is 2. The first-order valence-electron chi connectivity index (χ1n) is 4.05. The first-order valence-corrected chi connectivity index (χ1v) is 4.05. The predicted molar refractivity (Wildman–Crippen MR) is 41.6 cm³/mol. The fourth-order valence-corrected chi connectivity index (χ4v) is 1.70. The Morgan fingerprint density at radius 1 is 1.25 bits per heavy atom. The summed E-state index contributed by atoms with van der Waals surface area (Å²) in [6.07, 6.45) is 5.45. The highest BCUT2D eigenvalue weighted by Gasteiger charge is 2.36. The molecule has 1 heterocycles. The summed E-state index contributed by atoms with van der Waals surface area (Å²) in [5, 5.41) is 0. The van der Waals surface area contributed by atoms with Gasteiger partial charge in [-0.3, -0.25) is 20.4 Å². The number of carbonyl (C=O) groups is 2. The molecular weight excluding hydrogens is 156 g/mol. The Morgan fingerprint density at radius 3 is 2.75 bits per heavy atom. The van der Waals surface area contributed by atoms with Crippen LogP contribution in [0.1, 0.15) is 12.8 Å². The van der Waals surface area contributed by atoms with Gasteiger partial charge >= 0.3 is 0 Å². The summed E-state index contributed by atoms with van der Waals surface area (Å²) in [7, 11) is 0. The molecule has 4 nitrogen and oxygen atoms in total. The minimum atomic E-state index is -0.243. The van der Waals surface area contributed by atoms with Crippen molar-refractivity contribution in [3.8, 4) is 0 Å². The summed E-state index contributed by atoms with van der Waals surface area (Å²) in [5.74, 6) is -0.559. The van der Waals surface area contributed by atoms with E-state index >= 15 is 0 Å². The van der Waals surface area contributed by atoms with E-state index in [4.69, 9.17) is 0 Å². The highest BCUT2D eigenvalue weighted by atomic mass is 16.2. The van der Waals surface area contributed by atoms with E-state index in [9.17, 15) is 9.59 Å². The van der Waals surface area contributed by atoms with Crippen molar-refractivity contribution in [1.29, 1.82) is 0 Å². The van der Waals surface area contributed by atoms with Crippen LogP contribution in [-0.4, -0.2) is 11.8 Å². The average molecular weight is 166 g/mol. The molecule has 1 aliphatic heterocycles. The molecule has 1 aliphatic carbocycles. The number of nitrogens with one attached hydrogen (secondary N) is 2. The van der Waals surface area contributed by atoms with E-state index in [2.05, 4.69) is 10.9 Å². The molecular formula is C8H10N2O2. The molecule has 0 radical (unpaired) electrons. The highest BCUT2D eigenvalue weighted by Crippen LogP contribution is 2.26. The van der Waals surface area contributed by atoms with Crippen molar-refractivity contribution >= 4 is 11.8 Å². The van der Waals surface area contributed by atoms with Crippen molar-refractivity contribution in [2.24, 2.45) is 11.8 Å². The molecule has 0 aromatic heterocycles. The number of fused-ring (bicyclic) bond motifs is 1. The lowest BCUT2D eigenvalue weighted by Crippen LogP contribution is -2.56. The minimum Gasteiger partial charge on any atom is -0.273 e. The molecule has 2 amide bonds. The monoisotopic (exact) mass is 166 g/mol. The average Bonchev–Trinajstić information content (AvgIpc) is 2.12.